The van der Waals surface area contributed by atoms with Crippen LogP contribution >= 0.6 is 17.0 Å². The van der Waals surface area contributed by atoms with Crippen molar-refractivity contribution in [3.63, 3.8) is 0 Å². The average Bonchev–Trinajstić information content (AvgIpc) is 3.45. The fourth-order valence-corrected chi connectivity index (χ4v) is 2.98. The SMILES string of the molecule is CC1=CCC(C2=C(C)C(C)=CC2)=C1C.[C-]1=CC=CC1.[C-]1=CC=CC1.[CH3-].[CH3-].[CH3-].[CH3-].[Cl-].[Cl-].[Cl][Zr][Cl].[Zr+2]. The Morgan fingerprint density at radius 2 is 0.971 bits per heavy atom. The molecule has 34 heavy (non-hydrogen) atoms. The van der Waals surface area contributed by atoms with Gasteiger partial charge >= 0.3 is 64.1 Å². The van der Waals surface area contributed by atoms with Gasteiger partial charge in [-0.25, -0.2) is 24.3 Å². The molecule has 0 amide bonds. The van der Waals surface area contributed by atoms with Gasteiger partial charge in [0.05, 0.1) is 0 Å². The standard InChI is InChI=1S/C14H18.2C5H5.4CH3.4ClH.2Zr/c1-9-5-7-13(11(9)3)14-8-6-10(2)12(14)4;2*1-2-4-5-3-1;;;;;;;;;;/h5-6H,7-8H2,1-4H3;2*1-3H,4H2;4*1H3;4*1H;;/q;6*-1;;;;;2*+2/p-4. The van der Waals surface area contributed by atoms with E-state index in [1.54, 1.807) is 11.1 Å². The van der Waals surface area contributed by atoms with Gasteiger partial charge in [-0.1, -0.05) is 23.3 Å². The molecule has 0 N–H and O–H groups in total. The average molecular weight is 701 g/mol. The largest absolute Gasteiger partial charge is 2.00 e. The molecule has 4 aliphatic rings. The Labute approximate surface area is 263 Å². The van der Waals surface area contributed by atoms with Gasteiger partial charge in [-0.05, 0) is 62.8 Å². The van der Waals surface area contributed by atoms with Gasteiger partial charge in [0.1, 0.15) is 0 Å². The van der Waals surface area contributed by atoms with Gasteiger partial charge in [0.2, 0.25) is 0 Å². The Morgan fingerprint density at radius 1 is 0.676 bits per heavy atom. The van der Waals surface area contributed by atoms with Crippen LogP contribution in [-0.4, -0.2) is 0 Å². The van der Waals surface area contributed by atoms with Crippen molar-refractivity contribution in [3.05, 3.63) is 124 Å². The maximum Gasteiger partial charge on any atom is 2.00 e. The number of allylic oxidation sites excluding steroid dienone is 16. The zero-order valence-corrected chi connectivity index (χ0v) is 29.9. The summed E-state index contributed by atoms with van der Waals surface area (Å²) in [6.45, 7) is 8.94. The summed E-state index contributed by atoms with van der Waals surface area (Å²) in [5.41, 5.74) is 9.08. The van der Waals surface area contributed by atoms with Gasteiger partial charge in [-0.3, -0.25) is 12.2 Å². The minimum absolute atomic E-state index is 0. The topological polar surface area (TPSA) is 0 Å². The zero-order chi connectivity index (χ0) is 20.1. The Bertz CT molecular complexity index is 656. The zero-order valence-electron chi connectivity index (χ0n) is 22.0. The van der Waals surface area contributed by atoms with Crippen LogP contribution in [0.1, 0.15) is 53.4 Å². The molecule has 0 unspecified atom stereocenters. The molecule has 194 valence electrons. The monoisotopic (exact) mass is 696 g/mol. The third-order valence-corrected chi connectivity index (χ3v) is 4.85. The molecule has 4 aliphatic carbocycles. The van der Waals surface area contributed by atoms with Crippen molar-refractivity contribution in [3.8, 4) is 0 Å². The third kappa shape index (κ3) is 20.0. The first-order chi connectivity index (χ1) is 13.0. The second-order valence-corrected chi connectivity index (χ2v) is 10.2. The fourth-order valence-electron chi connectivity index (χ4n) is 2.98. The van der Waals surface area contributed by atoms with E-state index in [1.807, 2.05) is 24.3 Å². The molecular formula is C28H40Cl4Zr2-6. The Balaban J connectivity index is -0.0000000626. The Hall–Kier alpha value is 0.846. The number of hydrogen-bond donors (Lipinski definition) is 0. The Kier molecular flexibility index (Phi) is 48.3. The number of hydrogen-bond acceptors (Lipinski definition) is 0. The van der Waals surface area contributed by atoms with Crippen molar-refractivity contribution in [1.29, 1.82) is 0 Å². The van der Waals surface area contributed by atoms with Crippen LogP contribution < -0.4 is 24.8 Å². The molecule has 0 aliphatic heterocycles. The first-order valence-corrected chi connectivity index (χ1v) is 15.5. The minimum atomic E-state index is -0.826. The van der Waals surface area contributed by atoms with Gasteiger partial charge in [0, 0.05) is 0 Å². The van der Waals surface area contributed by atoms with E-state index in [1.165, 1.54) is 22.3 Å². The summed E-state index contributed by atoms with van der Waals surface area (Å²) >= 11 is -0.826. The normalized spacial score (nSPS) is 14.6. The van der Waals surface area contributed by atoms with E-state index >= 15 is 0 Å². The molecule has 0 aromatic carbocycles. The van der Waals surface area contributed by atoms with Crippen LogP contribution in [0.2, 0.25) is 0 Å². The second-order valence-electron chi connectivity index (χ2n) is 6.47. The van der Waals surface area contributed by atoms with E-state index in [-0.39, 0.29) is 80.7 Å². The molecule has 0 atom stereocenters. The van der Waals surface area contributed by atoms with Crippen LogP contribution in [0, 0.1) is 41.9 Å². The van der Waals surface area contributed by atoms with Crippen LogP contribution in [-0.2, 0) is 47.1 Å². The van der Waals surface area contributed by atoms with Crippen LogP contribution in [0.3, 0.4) is 0 Å². The van der Waals surface area contributed by atoms with Crippen LogP contribution in [0.15, 0.2) is 82.0 Å². The Morgan fingerprint density at radius 3 is 1.09 bits per heavy atom. The molecular weight excluding hydrogens is 661 g/mol. The van der Waals surface area contributed by atoms with E-state index in [4.69, 9.17) is 17.0 Å². The van der Waals surface area contributed by atoms with E-state index < -0.39 is 20.8 Å². The summed E-state index contributed by atoms with van der Waals surface area (Å²) in [4.78, 5) is 0. The molecule has 0 fully saturated rings. The molecule has 0 aromatic rings. The summed E-state index contributed by atoms with van der Waals surface area (Å²) in [5, 5.41) is 0. The van der Waals surface area contributed by atoms with Gasteiger partial charge in [-0.2, -0.15) is 12.2 Å². The molecule has 4 rings (SSSR count). The van der Waals surface area contributed by atoms with Gasteiger partial charge in [-0.15, -0.1) is 12.8 Å². The van der Waals surface area contributed by atoms with Gasteiger partial charge in [0.25, 0.3) is 0 Å². The summed E-state index contributed by atoms with van der Waals surface area (Å²) in [7, 11) is 9.87. The summed E-state index contributed by atoms with van der Waals surface area (Å²) in [5.74, 6) is 0. The molecule has 0 aromatic heterocycles. The van der Waals surface area contributed by atoms with Crippen molar-refractivity contribution in [2.75, 3.05) is 0 Å². The van der Waals surface area contributed by atoms with Crippen molar-refractivity contribution in [2.24, 2.45) is 0 Å². The first-order valence-electron chi connectivity index (χ1n) is 9.16. The maximum absolute atomic E-state index is 4.93. The third-order valence-electron chi connectivity index (χ3n) is 4.85. The van der Waals surface area contributed by atoms with Crippen molar-refractivity contribution < 1.29 is 71.9 Å². The smallest absolute Gasteiger partial charge is 2.00 e. The summed E-state index contributed by atoms with van der Waals surface area (Å²) in [6.07, 6.45) is 27.0. The van der Waals surface area contributed by atoms with Crippen molar-refractivity contribution >= 4 is 17.0 Å². The first kappa shape index (κ1) is 51.5. The molecule has 0 saturated heterocycles. The minimum Gasteiger partial charge on any atom is 2.00 e. The molecule has 0 heterocycles. The van der Waals surface area contributed by atoms with Crippen molar-refractivity contribution in [2.45, 2.75) is 53.4 Å². The maximum atomic E-state index is 4.93. The van der Waals surface area contributed by atoms with Crippen LogP contribution in [0.5, 0.6) is 0 Å². The molecule has 0 nitrogen and oxygen atoms in total. The van der Waals surface area contributed by atoms with E-state index in [0.717, 1.165) is 25.7 Å². The van der Waals surface area contributed by atoms with Gasteiger partial charge in [0.15, 0.2) is 0 Å². The molecule has 0 spiro atoms. The number of halogens is 4. The van der Waals surface area contributed by atoms with E-state index in [9.17, 15) is 0 Å². The predicted molar refractivity (Wildman–Crippen MR) is 143 cm³/mol. The van der Waals surface area contributed by atoms with E-state index in [2.05, 4.69) is 64.2 Å². The molecule has 6 heteroatoms. The molecule has 0 saturated carbocycles. The fraction of sp³-hybridized carbons (Fsp3) is 0.286. The summed E-state index contributed by atoms with van der Waals surface area (Å²) < 4.78 is 0. The predicted octanol–water partition coefficient (Wildman–Crippen LogP) is 4.11. The second kappa shape index (κ2) is 31.9. The van der Waals surface area contributed by atoms with Gasteiger partial charge < -0.3 is 54.5 Å². The number of rotatable bonds is 1. The quantitative estimate of drug-likeness (QED) is 0.362. The van der Waals surface area contributed by atoms with Crippen LogP contribution in [0.25, 0.3) is 0 Å². The molecule has 0 bridgehead atoms. The van der Waals surface area contributed by atoms with Crippen molar-refractivity contribution in [1.82, 2.24) is 0 Å². The molecule has 0 radical (unpaired) electrons. The van der Waals surface area contributed by atoms with Crippen LogP contribution in [0.4, 0.5) is 0 Å². The van der Waals surface area contributed by atoms with E-state index in [0.29, 0.717) is 0 Å². The summed E-state index contributed by atoms with van der Waals surface area (Å²) in [6, 6.07) is 0.